The van der Waals surface area contributed by atoms with E-state index >= 15 is 0 Å². The molecule has 0 fully saturated rings. The summed E-state index contributed by atoms with van der Waals surface area (Å²) in [5.74, 6) is -0.0590. The number of alkyl halides is 6. The van der Waals surface area contributed by atoms with Crippen molar-refractivity contribution in [2.75, 3.05) is 5.73 Å². The molecule has 1 heterocycles. The lowest BCUT2D eigenvalue weighted by Crippen LogP contribution is -2.25. The summed E-state index contributed by atoms with van der Waals surface area (Å²) in [6.07, 6.45) is -8.93. The Balaban J connectivity index is 2.55. The first kappa shape index (κ1) is 17.8. The van der Waals surface area contributed by atoms with Crippen molar-refractivity contribution in [2.45, 2.75) is 25.8 Å². The van der Waals surface area contributed by atoms with Gasteiger partial charge in [-0.15, -0.1) is 0 Å². The molecule has 0 saturated carbocycles. The molecule has 1 aromatic carbocycles. The highest BCUT2D eigenvalue weighted by atomic mass is 19.4. The molecule has 0 spiro atoms. The summed E-state index contributed by atoms with van der Waals surface area (Å²) in [6, 6.07) is 1.15. The lowest BCUT2D eigenvalue weighted by Gasteiger charge is -2.15. The quantitative estimate of drug-likeness (QED) is 0.845. The summed E-state index contributed by atoms with van der Waals surface area (Å²) in [5.41, 5.74) is 1.62. The van der Waals surface area contributed by atoms with Crippen molar-refractivity contribution in [3.05, 3.63) is 57.1 Å². The van der Waals surface area contributed by atoms with Gasteiger partial charge in [0.2, 0.25) is 0 Å². The number of hydrogen-bond donors (Lipinski definition) is 1. The van der Waals surface area contributed by atoms with Crippen LogP contribution < -0.4 is 11.3 Å². The molecule has 0 aliphatic heterocycles. The van der Waals surface area contributed by atoms with Gasteiger partial charge in [-0.1, -0.05) is 0 Å². The van der Waals surface area contributed by atoms with Gasteiger partial charge in [0.15, 0.2) is 0 Å². The Kier molecular flexibility index (Phi) is 4.34. The lowest BCUT2D eigenvalue weighted by molar-refractivity contribution is -0.143. The molecule has 0 atom stereocenters. The van der Waals surface area contributed by atoms with E-state index in [4.69, 9.17) is 5.73 Å². The number of nitrogens with two attached hydrogens (primary N) is 1. The van der Waals surface area contributed by atoms with Gasteiger partial charge in [-0.3, -0.25) is 9.36 Å². The van der Waals surface area contributed by atoms with Crippen molar-refractivity contribution >= 4 is 5.82 Å². The molecule has 0 bridgehead atoms. The van der Waals surface area contributed by atoms with E-state index in [1.807, 2.05) is 0 Å². The largest absolute Gasteiger partial charge is 0.416 e. The molecular weight excluding hydrogens is 340 g/mol. The number of benzene rings is 1. The number of rotatable bonds is 2. The van der Waals surface area contributed by atoms with Crippen LogP contribution in [0.25, 0.3) is 0 Å². The standard InChI is InChI=1S/C14H11F6N3O/c1-7-11(21)22-6-23(12(7)24)5-8-2-9(13(15,16)17)4-10(3-8)14(18,19)20/h2-4,6H,5,21H2,1H3. The normalized spacial score (nSPS) is 12.5. The molecular formula is C14H11F6N3O. The predicted octanol–water partition coefficient (Wildman–Crippen LogP) is 3.22. The molecule has 2 aromatic rings. The van der Waals surface area contributed by atoms with Crippen molar-refractivity contribution in [2.24, 2.45) is 0 Å². The molecule has 0 aliphatic rings. The van der Waals surface area contributed by atoms with Gasteiger partial charge < -0.3 is 5.73 Å². The molecule has 0 radical (unpaired) electrons. The van der Waals surface area contributed by atoms with Crippen molar-refractivity contribution in [3.8, 4) is 0 Å². The average molecular weight is 351 g/mol. The lowest BCUT2D eigenvalue weighted by atomic mass is 10.0. The Morgan fingerprint density at radius 2 is 1.54 bits per heavy atom. The molecule has 0 aliphatic carbocycles. The van der Waals surface area contributed by atoms with E-state index in [-0.39, 0.29) is 23.0 Å². The Hall–Kier alpha value is -2.52. The summed E-state index contributed by atoms with van der Waals surface area (Å²) < 4.78 is 77.7. The van der Waals surface area contributed by atoms with Crippen molar-refractivity contribution in [3.63, 3.8) is 0 Å². The molecule has 10 heteroatoms. The van der Waals surface area contributed by atoms with Crippen molar-refractivity contribution in [1.82, 2.24) is 9.55 Å². The van der Waals surface area contributed by atoms with Gasteiger partial charge in [-0.05, 0) is 30.7 Å². The molecule has 2 rings (SSSR count). The highest BCUT2D eigenvalue weighted by Crippen LogP contribution is 2.36. The van der Waals surface area contributed by atoms with Crippen molar-refractivity contribution < 1.29 is 26.3 Å². The first-order valence-electron chi connectivity index (χ1n) is 6.49. The highest BCUT2D eigenvalue weighted by Gasteiger charge is 2.36. The van der Waals surface area contributed by atoms with Gasteiger partial charge in [0, 0.05) is 0 Å². The zero-order valence-corrected chi connectivity index (χ0v) is 12.2. The van der Waals surface area contributed by atoms with E-state index in [0.29, 0.717) is 12.1 Å². The Morgan fingerprint density at radius 1 is 1.04 bits per heavy atom. The van der Waals surface area contributed by atoms with Crippen molar-refractivity contribution in [1.29, 1.82) is 0 Å². The van der Waals surface area contributed by atoms with E-state index in [2.05, 4.69) is 4.98 Å². The van der Waals surface area contributed by atoms with Crippen LogP contribution in [0.5, 0.6) is 0 Å². The van der Waals surface area contributed by atoms with Crippen LogP contribution in [0.1, 0.15) is 22.3 Å². The average Bonchev–Trinajstić information content (AvgIpc) is 2.46. The van der Waals surface area contributed by atoms with E-state index in [0.717, 1.165) is 10.9 Å². The minimum absolute atomic E-state index is 0.0265. The molecule has 0 amide bonds. The molecule has 24 heavy (non-hydrogen) atoms. The van der Waals surface area contributed by atoms with Crippen LogP contribution in [0, 0.1) is 6.92 Å². The second-order valence-corrected chi connectivity index (χ2v) is 5.10. The van der Waals surface area contributed by atoms with Crippen LogP contribution in [0.4, 0.5) is 32.2 Å². The number of hydrogen-bond acceptors (Lipinski definition) is 3. The van der Waals surface area contributed by atoms with Gasteiger partial charge in [-0.2, -0.15) is 26.3 Å². The van der Waals surface area contributed by atoms with Gasteiger partial charge in [0.05, 0.1) is 23.2 Å². The van der Waals surface area contributed by atoms with Crippen LogP contribution in [0.2, 0.25) is 0 Å². The topological polar surface area (TPSA) is 60.9 Å². The maximum atomic E-state index is 12.8. The first-order valence-corrected chi connectivity index (χ1v) is 6.49. The predicted molar refractivity (Wildman–Crippen MR) is 73.2 cm³/mol. The third-order valence-corrected chi connectivity index (χ3v) is 3.30. The Bertz CT molecular complexity index is 790. The third kappa shape index (κ3) is 3.69. The van der Waals surface area contributed by atoms with Crippen LogP contribution in [0.3, 0.4) is 0 Å². The smallest absolute Gasteiger partial charge is 0.383 e. The maximum absolute atomic E-state index is 12.8. The van der Waals surface area contributed by atoms with Gasteiger partial charge in [0.1, 0.15) is 12.1 Å². The fourth-order valence-electron chi connectivity index (χ4n) is 2.03. The summed E-state index contributed by atoms with van der Waals surface area (Å²) in [6.45, 7) is 0.856. The second kappa shape index (κ2) is 5.84. The molecule has 2 N–H and O–H groups in total. The van der Waals surface area contributed by atoms with Crippen LogP contribution in [-0.4, -0.2) is 9.55 Å². The fraction of sp³-hybridized carbons (Fsp3) is 0.286. The summed E-state index contributed by atoms with van der Waals surface area (Å²) in [5, 5.41) is 0. The number of aromatic nitrogens is 2. The summed E-state index contributed by atoms with van der Waals surface area (Å²) in [7, 11) is 0. The monoisotopic (exact) mass is 351 g/mol. The molecule has 1 aromatic heterocycles. The zero-order chi connectivity index (χ0) is 18.3. The minimum Gasteiger partial charge on any atom is -0.383 e. The Labute approximate surface area is 131 Å². The van der Waals surface area contributed by atoms with Crippen LogP contribution >= 0.6 is 0 Å². The number of nitrogens with zero attached hydrogens (tertiary/aromatic N) is 2. The van der Waals surface area contributed by atoms with E-state index in [9.17, 15) is 31.1 Å². The summed E-state index contributed by atoms with van der Waals surface area (Å²) >= 11 is 0. The zero-order valence-electron chi connectivity index (χ0n) is 12.2. The van der Waals surface area contributed by atoms with E-state index in [1.54, 1.807) is 0 Å². The van der Waals surface area contributed by atoms with Gasteiger partial charge in [0.25, 0.3) is 5.56 Å². The number of halogens is 6. The maximum Gasteiger partial charge on any atom is 0.416 e. The Morgan fingerprint density at radius 3 is 2.00 bits per heavy atom. The molecule has 0 unspecified atom stereocenters. The third-order valence-electron chi connectivity index (χ3n) is 3.30. The molecule has 130 valence electrons. The minimum atomic E-state index is -4.95. The number of nitrogen functional groups attached to an aromatic ring is 1. The number of anilines is 1. The van der Waals surface area contributed by atoms with Crippen LogP contribution in [0.15, 0.2) is 29.3 Å². The molecule has 0 saturated heterocycles. The van der Waals surface area contributed by atoms with Crippen LogP contribution in [-0.2, 0) is 18.9 Å². The second-order valence-electron chi connectivity index (χ2n) is 5.10. The fourth-order valence-corrected chi connectivity index (χ4v) is 2.03. The molecule has 4 nitrogen and oxygen atoms in total. The van der Waals surface area contributed by atoms with E-state index < -0.39 is 35.6 Å². The van der Waals surface area contributed by atoms with E-state index in [1.165, 1.54) is 6.92 Å². The van der Waals surface area contributed by atoms with Gasteiger partial charge >= 0.3 is 12.4 Å². The highest BCUT2D eigenvalue weighted by molar-refractivity contribution is 5.36. The SMILES string of the molecule is Cc1c(N)ncn(Cc2cc(C(F)(F)F)cc(C(F)(F)F)c2)c1=O. The first-order chi connectivity index (χ1) is 10.9. The summed E-state index contributed by atoms with van der Waals surface area (Å²) in [4.78, 5) is 15.6. The van der Waals surface area contributed by atoms with Gasteiger partial charge in [-0.25, -0.2) is 4.98 Å².